The summed E-state index contributed by atoms with van der Waals surface area (Å²) in [6.07, 6.45) is 5.85. The Kier molecular flexibility index (Phi) is 20.7. The van der Waals surface area contributed by atoms with Gasteiger partial charge in [-0.15, -0.1) is 11.8 Å². The van der Waals surface area contributed by atoms with E-state index in [0.717, 1.165) is 16.5 Å². The van der Waals surface area contributed by atoms with E-state index in [1.165, 1.54) is 19.3 Å². The minimum absolute atomic E-state index is 0.663. The van der Waals surface area contributed by atoms with Crippen molar-refractivity contribution >= 4 is 48.8 Å². The smallest absolute Gasteiger partial charge is 0.319 e. The number of hydrogen-bond acceptors (Lipinski definition) is 5. The molecule has 1 aliphatic rings. The normalized spacial score (nSPS) is 12.6. The fraction of sp³-hybridized carbons (Fsp3) is 0.714. The van der Waals surface area contributed by atoms with Gasteiger partial charge in [-0.3, -0.25) is 0 Å². The molecule has 0 bridgehead atoms. The Bertz CT molecular complexity index is 558. The molecule has 1 aromatic rings. The lowest BCUT2D eigenvalue weighted by atomic mass is 10.3. The Morgan fingerprint density at radius 1 is 1.00 bits per heavy atom. The molecule has 0 amide bonds. The second-order valence-electron chi connectivity index (χ2n) is 4.92. The molecule has 8 nitrogen and oxygen atoms in total. The molecule has 0 aliphatic heterocycles. The van der Waals surface area contributed by atoms with Crippen LogP contribution < -0.4 is 0 Å². The zero-order valence-electron chi connectivity index (χ0n) is 16.5. The Hall–Kier alpha value is 0.490. The van der Waals surface area contributed by atoms with E-state index in [-0.39, 0.29) is 0 Å². The van der Waals surface area contributed by atoms with E-state index in [4.69, 9.17) is 29.4 Å². The first kappa shape index (κ1) is 32.2. The Balaban J connectivity index is -0.000000325. The molecule has 0 saturated heterocycles. The Morgan fingerprint density at radius 3 is 1.59 bits per heavy atom. The fourth-order valence-electron chi connectivity index (χ4n) is 1.19. The minimum atomic E-state index is -3.81. The molecule has 1 aromatic heterocycles. The molecule has 1 fully saturated rings. The van der Waals surface area contributed by atoms with Crippen molar-refractivity contribution in [3.63, 3.8) is 0 Å². The summed E-state index contributed by atoms with van der Waals surface area (Å²) in [7, 11) is 0. The van der Waals surface area contributed by atoms with Gasteiger partial charge in [0.1, 0.15) is 5.82 Å². The van der Waals surface area contributed by atoms with Crippen LogP contribution in [0.3, 0.4) is 0 Å². The molecule has 0 atom stereocenters. The highest BCUT2D eigenvalue weighted by Crippen LogP contribution is 2.38. The average molecular weight is 483 g/mol. The lowest BCUT2D eigenvalue weighted by molar-refractivity contribution is 0.361. The summed E-state index contributed by atoms with van der Waals surface area (Å²) >= 11 is 8.90. The van der Waals surface area contributed by atoms with E-state index >= 15 is 0 Å². The van der Waals surface area contributed by atoms with Crippen molar-refractivity contribution in [3.05, 3.63) is 17.6 Å². The van der Waals surface area contributed by atoms with Crippen LogP contribution in [0.1, 0.15) is 64.4 Å². The summed E-state index contributed by atoms with van der Waals surface area (Å²) in [4.78, 5) is 54.2. The topological polar surface area (TPSA) is 147 Å². The Morgan fingerprint density at radius 2 is 1.33 bits per heavy atom. The monoisotopic (exact) mass is 482 g/mol. The maximum Gasteiger partial charge on any atom is 0.319 e. The van der Waals surface area contributed by atoms with Crippen LogP contribution in [0, 0.1) is 6.92 Å². The molecule has 1 heterocycles. The first-order valence-corrected chi connectivity index (χ1v) is 14.7. The molecule has 162 valence electrons. The van der Waals surface area contributed by atoms with E-state index in [1.807, 2.05) is 26.8 Å². The summed E-state index contributed by atoms with van der Waals surface area (Å²) in [5.41, 5.74) is 1.09. The highest BCUT2D eigenvalue weighted by molar-refractivity contribution is 8.06. The third-order valence-corrected chi connectivity index (χ3v) is 2.63. The van der Waals surface area contributed by atoms with Gasteiger partial charge in [0, 0.05) is 11.6 Å². The van der Waals surface area contributed by atoms with Gasteiger partial charge in [0.2, 0.25) is 0 Å². The van der Waals surface area contributed by atoms with Crippen molar-refractivity contribution in [2.75, 3.05) is 6.26 Å². The number of nitrogens with zero attached hydrogens (tertiary/aromatic N) is 2. The van der Waals surface area contributed by atoms with Crippen LogP contribution in [0.5, 0.6) is 0 Å². The summed E-state index contributed by atoms with van der Waals surface area (Å²) < 4.78 is 0. The molecule has 0 aromatic carbocycles. The summed E-state index contributed by atoms with van der Waals surface area (Å²) in [5.74, 6) is 1.72. The molecule has 0 spiro atoms. The quantitative estimate of drug-likeness (QED) is 0.210. The number of rotatable bonds is 2. The number of aryl methyl sites for hydroxylation is 1. The predicted molar refractivity (Wildman–Crippen MR) is 120 cm³/mol. The molecule has 0 radical (unpaired) electrons. The molecule has 6 N–H and O–H groups in total. The van der Waals surface area contributed by atoms with Gasteiger partial charge in [-0.05, 0) is 55.7 Å². The van der Waals surface area contributed by atoms with Crippen molar-refractivity contribution in [2.45, 2.75) is 64.8 Å². The SMILES string of the molecule is CC.CCC.CSc1cc(C)nc(C2CC2)n1.OP(O)(O)=S.OP(O)(O)=S. The van der Waals surface area contributed by atoms with Gasteiger partial charge in [0.05, 0.1) is 5.03 Å². The standard InChI is InChI=1S/C9H12N2S.C3H8.C2H6.2H3O3PS/c1-6-5-8(12-2)11-9(10-6)7-3-4-7;1-3-2;1-2;2*1-4(2,3)5/h5,7H,3-4H2,1-2H3;3H2,1-2H3;1-2H3;2*(H3,1,2,3,5). The first-order valence-electron chi connectivity index (χ1n) is 8.17. The first-order chi connectivity index (χ1) is 12.2. The molecule has 27 heavy (non-hydrogen) atoms. The lowest BCUT2D eigenvalue weighted by Crippen LogP contribution is -1.95. The largest absolute Gasteiger partial charge is 0.325 e. The maximum atomic E-state index is 7.56. The van der Waals surface area contributed by atoms with Crippen LogP contribution in [-0.4, -0.2) is 45.6 Å². The number of hydrogen-bond donors (Lipinski definition) is 6. The Labute approximate surface area is 176 Å². The van der Waals surface area contributed by atoms with Crippen molar-refractivity contribution in [1.82, 2.24) is 9.97 Å². The van der Waals surface area contributed by atoms with Gasteiger partial charge >= 0.3 is 13.4 Å². The maximum absolute atomic E-state index is 7.56. The summed E-state index contributed by atoms with van der Waals surface area (Å²) in [5, 5.41) is 1.10. The zero-order valence-corrected chi connectivity index (χ0v) is 20.7. The second-order valence-corrected chi connectivity index (χ2v) is 10.7. The molecule has 1 aliphatic carbocycles. The van der Waals surface area contributed by atoms with Crippen molar-refractivity contribution in [1.29, 1.82) is 0 Å². The zero-order chi connectivity index (χ0) is 22.3. The molecule has 0 unspecified atom stereocenters. The molecule has 1 saturated carbocycles. The molecular weight excluding hydrogens is 450 g/mol. The number of aromatic nitrogens is 2. The van der Waals surface area contributed by atoms with E-state index in [2.05, 4.69) is 53.7 Å². The van der Waals surface area contributed by atoms with Crippen LogP contribution in [0.2, 0.25) is 0 Å². The molecule has 13 heteroatoms. The highest BCUT2D eigenvalue weighted by Gasteiger charge is 2.26. The van der Waals surface area contributed by atoms with Crippen LogP contribution in [0.4, 0.5) is 0 Å². The van der Waals surface area contributed by atoms with Crippen molar-refractivity contribution in [3.8, 4) is 0 Å². The second kappa shape index (κ2) is 17.4. The average Bonchev–Trinajstić information content (AvgIpc) is 3.30. The van der Waals surface area contributed by atoms with E-state index in [1.54, 1.807) is 11.8 Å². The van der Waals surface area contributed by atoms with Gasteiger partial charge in [0.25, 0.3) is 0 Å². The van der Waals surface area contributed by atoms with Gasteiger partial charge in [-0.2, -0.15) is 0 Å². The van der Waals surface area contributed by atoms with E-state index in [9.17, 15) is 0 Å². The van der Waals surface area contributed by atoms with Gasteiger partial charge in [0.15, 0.2) is 0 Å². The van der Waals surface area contributed by atoms with Gasteiger partial charge in [-0.1, -0.05) is 34.1 Å². The third-order valence-electron chi connectivity index (χ3n) is 2.00. The molecular formula is C14H32N2O6P2S3. The number of thioether (sulfide) groups is 1. The van der Waals surface area contributed by atoms with Crippen molar-refractivity contribution < 1.29 is 29.4 Å². The van der Waals surface area contributed by atoms with E-state index in [0.29, 0.717) is 5.92 Å². The minimum Gasteiger partial charge on any atom is -0.325 e. The predicted octanol–water partition coefficient (Wildman–Crippen LogP) is 3.20. The highest BCUT2D eigenvalue weighted by atomic mass is 32.5. The molecule has 2 rings (SSSR count). The van der Waals surface area contributed by atoms with Gasteiger partial charge < -0.3 is 29.4 Å². The van der Waals surface area contributed by atoms with Crippen molar-refractivity contribution in [2.24, 2.45) is 0 Å². The van der Waals surface area contributed by atoms with Gasteiger partial charge in [-0.25, -0.2) is 9.97 Å². The van der Waals surface area contributed by atoms with Crippen LogP contribution in [-0.2, 0) is 23.6 Å². The van der Waals surface area contributed by atoms with Crippen LogP contribution in [0.25, 0.3) is 0 Å². The summed E-state index contributed by atoms with van der Waals surface area (Å²) in [6, 6.07) is 2.04. The van der Waals surface area contributed by atoms with E-state index < -0.39 is 13.4 Å². The lowest BCUT2D eigenvalue weighted by Gasteiger charge is -2.01. The van der Waals surface area contributed by atoms with Crippen LogP contribution in [0.15, 0.2) is 11.1 Å². The fourth-order valence-corrected chi connectivity index (χ4v) is 1.66. The third kappa shape index (κ3) is 34.4. The summed E-state index contributed by atoms with van der Waals surface area (Å²) in [6.45, 7) is 2.67. The van der Waals surface area contributed by atoms with Crippen LogP contribution >= 0.6 is 25.2 Å².